The molecular formula is C38H69NO18. The Morgan fingerprint density at radius 2 is 1.09 bits per heavy atom. The number of rotatable bonds is 25. The average Bonchev–Trinajstić information content (AvgIpc) is 3.20. The number of amides is 1. The Balaban J connectivity index is 1.60. The third-order valence-corrected chi connectivity index (χ3v) is 10.6. The summed E-state index contributed by atoms with van der Waals surface area (Å²) >= 11 is 0. The van der Waals surface area contributed by atoms with Crippen molar-refractivity contribution in [3.63, 3.8) is 0 Å². The molecule has 0 aromatic heterocycles. The second-order valence-corrected chi connectivity index (χ2v) is 15.1. The highest BCUT2D eigenvalue weighted by Crippen LogP contribution is 2.32. The standard InChI is InChI=1S/C38H69NO18/c1-3-5-7-8-9-10-11-12-13-14-15-22(43)21(39-26(44)16-6-4-2)20-52-36-32(50)29(47)34(24(18-41)54-36)57-38-33(51)30(48)35(25(19-42)55-38)56-37-31(49)28(46)27(45)23(17-40)53-37/h14-15,21-25,27-38,40-43,45-51H,3-13,16-20H2,1-2H3,(H,39,44)/b15-14+. The van der Waals surface area contributed by atoms with Gasteiger partial charge in [-0.05, 0) is 19.3 Å². The van der Waals surface area contributed by atoms with Crippen LogP contribution in [-0.2, 0) is 33.2 Å². The summed E-state index contributed by atoms with van der Waals surface area (Å²) in [6.45, 7) is 1.35. The van der Waals surface area contributed by atoms with E-state index < -0.39 is 124 Å². The van der Waals surface area contributed by atoms with Crippen molar-refractivity contribution in [3.05, 3.63) is 12.2 Å². The van der Waals surface area contributed by atoms with E-state index in [1.165, 1.54) is 32.1 Å². The van der Waals surface area contributed by atoms with Crippen LogP contribution in [-0.4, -0.2) is 193 Å². The largest absolute Gasteiger partial charge is 0.394 e. The molecule has 57 heavy (non-hydrogen) atoms. The second kappa shape index (κ2) is 26.0. The normalized spacial score (nSPS) is 37.3. The summed E-state index contributed by atoms with van der Waals surface area (Å²) in [6.07, 6.45) is -11.6. The topological polar surface area (TPSA) is 307 Å². The highest BCUT2D eigenvalue weighted by molar-refractivity contribution is 5.76. The molecular weight excluding hydrogens is 758 g/mol. The van der Waals surface area contributed by atoms with Crippen LogP contribution in [0.1, 0.15) is 90.9 Å². The Morgan fingerprint density at radius 1 is 0.614 bits per heavy atom. The molecule has 0 aromatic rings. The molecule has 17 unspecified atom stereocenters. The van der Waals surface area contributed by atoms with Crippen molar-refractivity contribution in [1.29, 1.82) is 0 Å². The van der Waals surface area contributed by atoms with E-state index in [2.05, 4.69) is 12.2 Å². The Kier molecular flexibility index (Phi) is 22.8. The first-order valence-electron chi connectivity index (χ1n) is 20.4. The fourth-order valence-electron chi connectivity index (χ4n) is 6.99. The molecule has 17 atom stereocenters. The summed E-state index contributed by atoms with van der Waals surface area (Å²) < 4.78 is 33.7. The third-order valence-electron chi connectivity index (χ3n) is 10.6. The molecule has 0 radical (unpaired) electrons. The SMILES string of the molecule is CCCCCCCCCC/C=C/C(O)C(COC1OC(CO)C(OC2OC(CO)C(OC3OC(CO)C(O)C(O)C3O)C(O)C2O)C(O)C1O)NC(=O)CCCC. The zero-order chi connectivity index (χ0) is 42.1. The Morgan fingerprint density at radius 3 is 1.63 bits per heavy atom. The van der Waals surface area contributed by atoms with Crippen molar-refractivity contribution in [3.8, 4) is 0 Å². The van der Waals surface area contributed by atoms with E-state index in [9.17, 15) is 61.0 Å². The minimum atomic E-state index is -1.97. The van der Waals surface area contributed by atoms with E-state index in [-0.39, 0.29) is 18.9 Å². The fraction of sp³-hybridized carbons (Fsp3) is 0.921. The van der Waals surface area contributed by atoms with Gasteiger partial charge >= 0.3 is 0 Å². The molecule has 0 aliphatic carbocycles. The third kappa shape index (κ3) is 14.6. The fourth-order valence-corrected chi connectivity index (χ4v) is 6.99. The predicted molar refractivity (Wildman–Crippen MR) is 199 cm³/mol. The smallest absolute Gasteiger partial charge is 0.220 e. The van der Waals surface area contributed by atoms with Gasteiger partial charge in [0.15, 0.2) is 18.9 Å². The van der Waals surface area contributed by atoms with Crippen LogP contribution in [0, 0.1) is 0 Å². The zero-order valence-corrected chi connectivity index (χ0v) is 33.1. The molecule has 3 fully saturated rings. The van der Waals surface area contributed by atoms with Crippen LogP contribution >= 0.6 is 0 Å². The average molecular weight is 828 g/mol. The highest BCUT2D eigenvalue weighted by atomic mass is 16.8. The van der Waals surface area contributed by atoms with Gasteiger partial charge in [-0.15, -0.1) is 0 Å². The minimum absolute atomic E-state index is 0.218. The molecule has 19 heteroatoms. The number of hydrogen-bond donors (Lipinski definition) is 12. The minimum Gasteiger partial charge on any atom is -0.394 e. The number of aliphatic hydroxyl groups is 11. The molecule has 3 rings (SSSR count). The zero-order valence-electron chi connectivity index (χ0n) is 33.1. The quantitative estimate of drug-likeness (QED) is 0.0337. The summed E-state index contributed by atoms with van der Waals surface area (Å²) in [5.41, 5.74) is 0. The summed E-state index contributed by atoms with van der Waals surface area (Å²) in [7, 11) is 0. The van der Waals surface area contributed by atoms with Gasteiger partial charge in [-0.1, -0.05) is 77.4 Å². The molecule has 0 bridgehead atoms. The lowest BCUT2D eigenvalue weighted by atomic mass is 9.96. The molecule has 0 saturated carbocycles. The molecule has 3 aliphatic heterocycles. The summed E-state index contributed by atoms with van der Waals surface area (Å²) in [5.74, 6) is -0.317. The highest BCUT2D eigenvalue weighted by Gasteiger charge is 2.53. The molecule has 3 saturated heterocycles. The van der Waals surface area contributed by atoms with E-state index in [0.29, 0.717) is 6.42 Å². The van der Waals surface area contributed by atoms with Gasteiger partial charge in [0.1, 0.15) is 73.2 Å². The number of ether oxygens (including phenoxy) is 6. The number of carbonyl (C=O) groups excluding carboxylic acids is 1. The van der Waals surface area contributed by atoms with Gasteiger partial charge in [0.05, 0.1) is 38.6 Å². The molecule has 3 aliphatic rings. The molecule has 0 aromatic carbocycles. The Hall–Kier alpha value is -1.47. The maximum absolute atomic E-state index is 12.6. The lowest BCUT2D eigenvalue weighted by Gasteiger charge is -2.48. The van der Waals surface area contributed by atoms with Crippen LogP contribution in [0.25, 0.3) is 0 Å². The first-order valence-corrected chi connectivity index (χ1v) is 20.4. The monoisotopic (exact) mass is 827 g/mol. The van der Waals surface area contributed by atoms with Crippen LogP contribution in [0.15, 0.2) is 12.2 Å². The number of allylic oxidation sites excluding steroid dienone is 1. The molecule has 3 heterocycles. The van der Waals surface area contributed by atoms with Crippen LogP contribution in [0.3, 0.4) is 0 Å². The number of aliphatic hydroxyl groups excluding tert-OH is 11. The van der Waals surface area contributed by atoms with Gasteiger partial charge in [-0.2, -0.15) is 0 Å². The number of nitrogens with one attached hydrogen (secondary N) is 1. The van der Waals surface area contributed by atoms with Gasteiger partial charge in [0.25, 0.3) is 0 Å². The Bertz CT molecular complexity index is 1130. The number of hydrogen-bond acceptors (Lipinski definition) is 18. The summed E-state index contributed by atoms with van der Waals surface area (Å²) in [6, 6.07) is -0.959. The molecule has 334 valence electrons. The van der Waals surface area contributed by atoms with Gasteiger partial charge in [0, 0.05) is 6.42 Å². The lowest BCUT2D eigenvalue weighted by Crippen LogP contribution is -2.66. The van der Waals surface area contributed by atoms with Crippen LogP contribution < -0.4 is 5.32 Å². The van der Waals surface area contributed by atoms with Gasteiger partial charge in [-0.3, -0.25) is 4.79 Å². The van der Waals surface area contributed by atoms with Crippen molar-refractivity contribution in [2.45, 2.75) is 195 Å². The molecule has 1 amide bonds. The van der Waals surface area contributed by atoms with Crippen LogP contribution in [0.4, 0.5) is 0 Å². The second-order valence-electron chi connectivity index (χ2n) is 15.1. The van der Waals surface area contributed by atoms with Gasteiger partial charge < -0.3 is 89.9 Å². The molecule has 12 N–H and O–H groups in total. The first kappa shape index (κ1) is 49.9. The van der Waals surface area contributed by atoms with Crippen molar-refractivity contribution >= 4 is 5.91 Å². The summed E-state index contributed by atoms with van der Waals surface area (Å²) in [4.78, 5) is 12.6. The lowest BCUT2D eigenvalue weighted by molar-refractivity contribution is -0.379. The predicted octanol–water partition coefficient (Wildman–Crippen LogP) is -2.43. The van der Waals surface area contributed by atoms with Crippen LogP contribution in [0.2, 0.25) is 0 Å². The molecule has 19 nitrogen and oxygen atoms in total. The van der Waals surface area contributed by atoms with E-state index in [0.717, 1.165) is 32.1 Å². The van der Waals surface area contributed by atoms with E-state index in [1.807, 2.05) is 13.0 Å². The van der Waals surface area contributed by atoms with E-state index in [4.69, 9.17) is 28.4 Å². The summed E-state index contributed by atoms with van der Waals surface area (Å²) in [5, 5.41) is 118. The van der Waals surface area contributed by atoms with Crippen molar-refractivity contribution in [1.82, 2.24) is 5.32 Å². The van der Waals surface area contributed by atoms with E-state index >= 15 is 0 Å². The molecule has 0 spiro atoms. The van der Waals surface area contributed by atoms with Crippen LogP contribution in [0.5, 0.6) is 0 Å². The van der Waals surface area contributed by atoms with Crippen molar-refractivity contribution in [2.24, 2.45) is 0 Å². The maximum Gasteiger partial charge on any atom is 0.220 e. The number of unbranched alkanes of at least 4 members (excludes halogenated alkanes) is 9. The maximum atomic E-state index is 12.6. The Labute approximate surface area is 334 Å². The van der Waals surface area contributed by atoms with Gasteiger partial charge in [-0.25, -0.2) is 0 Å². The van der Waals surface area contributed by atoms with Crippen molar-refractivity contribution < 1.29 is 89.4 Å². The first-order chi connectivity index (χ1) is 27.3. The van der Waals surface area contributed by atoms with Crippen molar-refractivity contribution in [2.75, 3.05) is 26.4 Å². The van der Waals surface area contributed by atoms with Gasteiger partial charge in [0.2, 0.25) is 5.91 Å². The van der Waals surface area contributed by atoms with E-state index in [1.54, 1.807) is 6.08 Å². The number of carbonyl (C=O) groups is 1.